The van der Waals surface area contributed by atoms with Gasteiger partial charge in [-0.3, -0.25) is 9.89 Å². The molecule has 0 aliphatic carbocycles. The minimum atomic E-state index is 0. The van der Waals surface area contributed by atoms with E-state index in [9.17, 15) is 0 Å². The third-order valence-corrected chi connectivity index (χ3v) is 4.98. The van der Waals surface area contributed by atoms with Gasteiger partial charge in [0.1, 0.15) is 0 Å². The van der Waals surface area contributed by atoms with Crippen molar-refractivity contribution in [1.29, 1.82) is 0 Å². The van der Waals surface area contributed by atoms with E-state index in [4.69, 9.17) is 14.2 Å². The number of benzene rings is 1. The lowest BCUT2D eigenvalue weighted by Gasteiger charge is -2.35. The first-order valence-electron chi connectivity index (χ1n) is 11.3. The third-order valence-electron chi connectivity index (χ3n) is 4.98. The Bertz CT molecular complexity index is 650. The number of aliphatic imine (C=N–C) groups is 1. The zero-order valence-electron chi connectivity index (χ0n) is 19.8. The quantitative estimate of drug-likeness (QED) is 0.192. The number of hydrogen-bond acceptors (Lipinski definition) is 5. The Labute approximate surface area is 205 Å². The van der Waals surface area contributed by atoms with Gasteiger partial charge in [0.25, 0.3) is 0 Å². The van der Waals surface area contributed by atoms with Gasteiger partial charge in [-0.2, -0.15) is 0 Å². The van der Waals surface area contributed by atoms with Crippen LogP contribution in [0.5, 0.6) is 11.5 Å². The molecule has 1 aromatic rings. The fraction of sp³-hybridized carbons (Fsp3) is 0.696. The molecule has 31 heavy (non-hydrogen) atoms. The molecule has 0 bridgehead atoms. The van der Waals surface area contributed by atoms with Crippen LogP contribution < -0.4 is 20.1 Å². The van der Waals surface area contributed by atoms with Crippen LogP contribution in [-0.4, -0.2) is 76.1 Å². The predicted octanol–water partition coefficient (Wildman–Crippen LogP) is 3.31. The van der Waals surface area contributed by atoms with Crippen molar-refractivity contribution in [3.05, 3.63) is 23.8 Å². The molecule has 1 aliphatic heterocycles. The number of morpholine rings is 1. The molecule has 1 aromatic carbocycles. The molecule has 1 saturated heterocycles. The number of ether oxygens (including phenoxy) is 3. The first-order chi connectivity index (χ1) is 14.5. The van der Waals surface area contributed by atoms with Crippen LogP contribution >= 0.6 is 24.0 Å². The fourth-order valence-electron chi connectivity index (χ4n) is 3.77. The summed E-state index contributed by atoms with van der Waals surface area (Å²) in [5, 5.41) is 6.81. The Balaban J connectivity index is 0.00000480. The van der Waals surface area contributed by atoms with Crippen LogP contribution in [0.3, 0.4) is 0 Å². The summed E-state index contributed by atoms with van der Waals surface area (Å²) < 4.78 is 17.1. The Kier molecular flexibility index (Phi) is 13.9. The first-order valence-corrected chi connectivity index (χ1v) is 11.3. The molecule has 1 fully saturated rings. The van der Waals surface area contributed by atoms with Gasteiger partial charge in [0, 0.05) is 39.8 Å². The van der Waals surface area contributed by atoms with Crippen molar-refractivity contribution in [2.24, 2.45) is 4.99 Å². The van der Waals surface area contributed by atoms with Gasteiger partial charge < -0.3 is 24.8 Å². The van der Waals surface area contributed by atoms with Crippen LogP contribution in [0.15, 0.2) is 23.2 Å². The van der Waals surface area contributed by atoms with Crippen LogP contribution in [0.25, 0.3) is 0 Å². The van der Waals surface area contributed by atoms with Gasteiger partial charge in [0.05, 0.1) is 25.4 Å². The molecule has 0 amide bonds. The number of halogens is 1. The summed E-state index contributed by atoms with van der Waals surface area (Å²) in [5.74, 6) is 2.46. The molecule has 2 rings (SSSR count). The van der Waals surface area contributed by atoms with Crippen molar-refractivity contribution in [1.82, 2.24) is 15.5 Å². The second-order valence-electron chi connectivity index (χ2n) is 7.69. The van der Waals surface area contributed by atoms with Gasteiger partial charge in [-0.05, 0) is 58.2 Å². The lowest BCUT2D eigenvalue weighted by atomic mass is 10.1. The summed E-state index contributed by atoms with van der Waals surface area (Å²) in [6.45, 7) is 14.3. The van der Waals surface area contributed by atoms with Crippen LogP contribution in [0.2, 0.25) is 0 Å². The average Bonchev–Trinajstić information content (AvgIpc) is 2.71. The zero-order valence-corrected chi connectivity index (χ0v) is 22.1. The molecule has 2 atom stereocenters. The van der Waals surface area contributed by atoms with Crippen LogP contribution in [0.1, 0.15) is 39.7 Å². The first kappa shape index (κ1) is 27.8. The van der Waals surface area contributed by atoms with E-state index >= 15 is 0 Å². The highest BCUT2D eigenvalue weighted by Gasteiger charge is 2.21. The predicted molar refractivity (Wildman–Crippen MR) is 138 cm³/mol. The Hall–Kier alpha value is -1.26. The van der Waals surface area contributed by atoms with Crippen molar-refractivity contribution in [2.45, 2.75) is 52.7 Å². The van der Waals surface area contributed by atoms with E-state index in [0.29, 0.717) is 25.4 Å². The second-order valence-corrected chi connectivity index (χ2v) is 7.69. The third kappa shape index (κ3) is 10.3. The second kappa shape index (κ2) is 15.5. The molecule has 2 unspecified atom stereocenters. The number of nitrogens with zero attached hydrogens (tertiary/aromatic N) is 2. The molecular formula is C23H41IN4O3. The van der Waals surface area contributed by atoms with Crippen LogP contribution in [0, 0.1) is 0 Å². The number of hydrogen-bond donors (Lipinski definition) is 2. The molecule has 7 nitrogen and oxygen atoms in total. The summed E-state index contributed by atoms with van der Waals surface area (Å²) in [4.78, 5) is 6.81. The molecular weight excluding hydrogens is 507 g/mol. The van der Waals surface area contributed by atoms with E-state index in [1.165, 1.54) is 5.56 Å². The van der Waals surface area contributed by atoms with Crippen LogP contribution in [-0.2, 0) is 11.2 Å². The van der Waals surface area contributed by atoms with Crippen molar-refractivity contribution in [3.8, 4) is 11.5 Å². The zero-order chi connectivity index (χ0) is 21.8. The summed E-state index contributed by atoms with van der Waals surface area (Å²) in [5.41, 5.74) is 1.21. The highest BCUT2D eigenvalue weighted by Crippen LogP contribution is 2.28. The van der Waals surface area contributed by atoms with E-state index in [0.717, 1.165) is 63.0 Å². The smallest absolute Gasteiger partial charge is 0.190 e. The Morgan fingerprint density at radius 1 is 1.06 bits per heavy atom. The van der Waals surface area contributed by atoms with Crippen molar-refractivity contribution in [3.63, 3.8) is 0 Å². The number of rotatable bonds is 11. The number of guanidine groups is 1. The summed E-state index contributed by atoms with van der Waals surface area (Å²) in [7, 11) is 1.81. The highest BCUT2D eigenvalue weighted by molar-refractivity contribution is 14.0. The maximum absolute atomic E-state index is 5.80. The van der Waals surface area contributed by atoms with Crippen molar-refractivity contribution in [2.75, 3.05) is 53.0 Å². The van der Waals surface area contributed by atoms with E-state index in [1.807, 2.05) is 27.0 Å². The van der Waals surface area contributed by atoms with E-state index in [-0.39, 0.29) is 24.0 Å². The summed E-state index contributed by atoms with van der Waals surface area (Å²) in [6, 6.07) is 6.15. The molecule has 0 spiro atoms. The molecule has 8 heteroatoms. The van der Waals surface area contributed by atoms with Gasteiger partial charge in [0.15, 0.2) is 17.5 Å². The molecule has 0 radical (unpaired) electrons. The largest absolute Gasteiger partial charge is 0.490 e. The van der Waals surface area contributed by atoms with Gasteiger partial charge in [0.2, 0.25) is 0 Å². The lowest BCUT2D eigenvalue weighted by molar-refractivity contribution is -0.0679. The molecule has 0 saturated carbocycles. The lowest BCUT2D eigenvalue weighted by Crippen LogP contribution is -2.46. The minimum Gasteiger partial charge on any atom is -0.490 e. The van der Waals surface area contributed by atoms with Gasteiger partial charge in [-0.1, -0.05) is 6.07 Å². The minimum absolute atomic E-state index is 0. The Morgan fingerprint density at radius 3 is 2.35 bits per heavy atom. The SMILES string of the molecule is CCOc1ccc(CCNC(=NC)NCCCN2CC(C)OC(C)C2)cc1OCC.I. The number of nitrogens with one attached hydrogen (secondary N) is 2. The molecule has 178 valence electrons. The maximum Gasteiger partial charge on any atom is 0.190 e. The van der Waals surface area contributed by atoms with Gasteiger partial charge >= 0.3 is 0 Å². The van der Waals surface area contributed by atoms with Crippen LogP contribution in [0.4, 0.5) is 0 Å². The Morgan fingerprint density at radius 2 is 1.71 bits per heavy atom. The summed E-state index contributed by atoms with van der Waals surface area (Å²) >= 11 is 0. The maximum atomic E-state index is 5.80. The van der Waals surface area contributed by atoms with E-state index in [2.05, 4.69) is 46.5 Å². The highest BCUT2D eigenvalue weighted by atomic mass is 127. The molecule has 1 heterocycles. The summed E-state index contributed by atoms with van der Waals surface area (Å²) in [6.07, 6.45) is 2.61. The van der Waals surface area contributed by atoms with Crippen molar-refractivity contribution < 1.29 is 14.2 Å². The van der Waals surface area contributed by atoms with Gasteiger partial charge in [-0.25, -0.2) is 0 Å². The standard InChI is InChI=1S/C23H40N4O3.HI/c1-6-28-21-10-9-20(15-22(21)29-7-2)11-13-26-23(24-5)25-12-8-14-27-16-18(3)30-19(4)17-27;/h9-10,15,18-19H,6-8,11-14,16-17H2,1-5H3,(H2,24,25,26);1H. The molecule has 1 aliphatic rings. The normalized spacial score (nSPS) is 19.5. The average molecular weight is 549 g/mol. The molecule has 0 aromatic heterocycles. The fourth-order valence-corrected chi connectivity index (χ4v) is 3.77. The molecule has 2 N–H and O–H groups in total. The van der Waals surface area contributed by atoms with Crippen molar-refractivity contribution >= 4 is 29.9 Å². The van der Waals surface area contributed by atoms with Gasteiger partial charge in [-0.15, -0.1) is 24.0 Å². The van der Waals surface area contributed by atoms with E-state index < -0.39 is 0 Å². The van der Waals surface area contributed by atoms with E-state index in [1.54, 1.807) is 0 Å². The monoisotopic (exact) mass is 548 g/mol. The topological polar surface area (TPSA) is 67.4 Å².